The zero-order chi connectivity index (χ0) is 16.2. The molecule has 0 unspecified atom stereocenters. The highest BCUT2D eigenvalue weighted by Gasteiger charge is 2.17. The number of nitrogens with one attached hydrogen (secondary N) is 1. The maximum Gasteiger partial charge on any atom is 0.239 e. The Labute approximate surface area is 144 Å². The fourth-order valence-corrected chi connectivity index (χ4v) is 4.06. The van der Waals surface area contributed by atoms with Crippen molar-refractivity contribution in [3.8, 4) is 11.3 Å². The van der Waals surface area contributed by atoms with Crippen molar-refractivity contribution in [2.45, 2.75) is 16.5 Å². The number of amides is 1. The van der Waals surface area contributed by atoms with Gasteiger partial charge in [0.25, 0.3) is 0 Å². The molecule has 0 bridgehead atoms. The molecule has 0 saturated heterocycles. The summed E-state index contributed by atoms with van der Waals surface area (Å²) < 4.78 is 13.7. The number of rotatable bonds is 5. The number of benzene rings is 1. The fourth-order valence-electron chi connectivity index (χ4n) is 1.71. The van der Waals surface area contributed by atoms with Crippen molar-refractivity contribution in [2.24, 2.45) is 0 Å². The molecule has 0 saturated carbocycles. The molecule has 2 aromatic heterocycles. The van der Waals surface area contributed by atoms with E-state index in [1.54, 1.807) is 24.6 Å². The first-order valence-corrected chi connectivity index (χ1v) is 9.21. The van der Waals surface area contributed by atoms with Crippen molar-refractivity contribution < 1.29 is 9.18 Å². The highest BCUT2D eigenvalue weighted by Crippen LogP contribution is 2.27. The van der Waals surface area contributed by atoms with Crippen molar-refractivity contribution in [3.05, 3.63) is 41.0 Å². The summed E-state index contributed by atoms with van der Waals surface area (Å²) in [7, 11) is 0. The van der Waals surface area contributed by atoms with E-state index in [1.165, 1.54) is 46.6 Å². The Bertz CT molecular complexity index is 789. The average molecular weight is 366 g/mol. The topological polar surface area (TPSA) is 67.8 Å². The molecule has 9 heteroatoms. The molecular formula is C14H11FN4OS3. The minimum atomic E-state index is -0.305. The van der Waals surface area contributed by atoms with Gasteiger partial charge in [-0.2, -0.15) is 0 Å². The number of carbonyl (C=O) groups is 1. The maximum atomic E-state index is 12.9. The lowest BCUT2D eigenvalue weighted by Crippen LogP contribution is -2.22. The zero-order valence-electron chi connectivity index (χ0n) is 11.9. The smallest absolute Gasteiger partial charge is 0.239 e. The largest absolute Gasteiger partial charge is 0.301 e. The van der Waals surface area contributed by atoms with Crippen LogP contribution in [0.15, 0.2) is 39.5 Å². The number of carbonyl (C=O) groups excluding carboxylic acids is 1. The monoisotopic (exact) mass is 366 g/mol. The van der Waals surface area contributed by atoms with Crippen LogP contribution in [0.1, 0.15) is 6.92 Å². The second-order valence-electron chi connectivity index (χ2n) is 4.50. The molecule has 0 aliphatic rings. The van der Waals surface area contributed by atoms with E-state index in [1.807, 2.05) is 5.38 Å². The van der Waals surface area contributed by atoms with Gasteiger partial charge >= 0.3 is 0 Å². The first-order chi connectivity index (χ1) is 11.1. The Kier molecular flexibility index (Phi) is 4.99. The Morgan fingerprint density at radius 3 is 2.78 bits per heavy atom. The van der Waals surface area contributed by atoms with Crippen molar-refractivity contribution in [3.63, 3.8) is 0 Å². The maximum absolute atomic E-state index is 12.9. The number of hydrogen-bond donors (Lipinski definition) is 1. The van der Waals surface area contributed by atoms with E-state index in [0.717, 1.165) is 9.90 Å². The second kappa shape index (κ2) is 7.16. The summed E-state index contributed by atoms with van der Waals surface area (Å²) in [4.78, 5) is 16.5. The van der Waals surface area contributed by atoms with E-state index in [2.05, 4.69) is 20.5 Å². The Balaban J connectivity index is 1.64. The highest BCUT2D eigenvalue weighted by atomic mass is 32.2. The van der Waals surface area contributed by atoms with Crippen LogP contribution in [-0.2, 0) is 4.79 Å². The molecule has 3 aromatic rings. The van der Waals surface area contributed by atoms with E-state index < -0.39 is 0 Å². The minimum absolute atomic E-state index is 0.148. The number of thioether (sulfide) groups is 1. The third-order valence-corrected chi connectivity index (χ3v) is 5.53. The number of hydrogen-bond acceptors (Lipinski definition) is 7. The van der Waals surface area contributed by atoms with Crippen molar-refractivity contribution >= 4 is 45.5 Å². The van der Waals surface area contributed by atoms with Crippen LogP contribution in [0.4, 0.5) is 9.52 Å². The van der Waals surface area contributed by atoms with Crippen LogP contribution in [-0.4, -0.2) is 26.3 Å². The van der Waals surface area contributed by atoms with Gasteiger partial charge in [-0.15, -0.1) is 21.5 Å². The highest BCUT2D eigenvalue weighted by molar-refractivity contribution is 8.02. The molecule has 1 aromatic carbocycles. The van der Waals surface area contributed by atoms with Gasteiger partial charge in [0.2, 0.25) is 5.91 Å². The van der Waals surface area contributed by atoms with Crippen LogP contribution >= 0.6 is 34.4 Å². The lowest BCUT2D eigenvalue weighted by molar-refractivity contribution is -0.115. The molecule has 1 amide bonds. The molecule has 0 fully saturated rings. The number of aromatic nitrogens is 3. The molecule has 1 atom stereocenters. The first-order valence-electron chi connectivity index (χ1n) is 6.57. The van der Waals surface area contributed by atoms with Gasteiger partial charge in [-0.1, -0.05) is 23.1 Å². The van der Waals surface area contributed by atoms with Gasteiger partial charge in [-0.25, -0.2) is 9.37 Å². The van der Waals surface area contributed by atoms with Crippen molar-refractivity contribution in [2.75, 3.05) is 5.32 Å². The molecule has 1 N–H and O–H groups in total. The van der Waals surface area contributed by atoms with Crippen LogP contribution in [0, 0.1) is 5.82 Å². The van der Waals surface area contributed by atoms with Gasteiger partial charge < -0.3 is 5.32 Å². The molecular weight excluding hydrogens is 355 g/mol. The van der Waals surface area contributed by atoms with Gasteiger partial charge in [-0.05, 0) is 31.2 Å². The molecule has 2 heterocycles. The first kappa shape index (κ1) is 16.0. The van der Waals surface area contributed by atoms with Crippen LogP contribution < -0.4 is 5.32 Å². The van der Waals surface area contributed by atoms with Crippen LogP contribution in [0.25, 0.3) is 11.3 Å². The summed E-state index contributed by atoms with van der Waals surface area (Å²) in [6.45, 7) is 1.80. The number of nitrogens with zero attached hydrogens (tertiary/aromatic N) is 3. The quantitative estimate of drug-likeness (QED) is 0.693. The SMILES string of the molecule is C[C@@H](Sc1nncs1)C(=O)Nc1nc(-c2ccc(F)cc2)cs1. The molecule has 3 rings (SSSR count). The van der Waals surface area contributed by atoms with Gasteiger partial charge in [0.15, 0.2) is 9.47 Å². The summed E-state index contributed by atoms with van der Waals surface area (Å²) in [5.41, 5.74) is 3.14. The fraction of sp³-hybridized carbons (Fsp3) is 0.143. The standard InChI is InChI=1S/C14H11FN4OS3/c1-8(23-14-19-16-7-22-14)12(20)18-13-17-11(6-21-13)9-2-4-10(15)5-3-9/h2-8H,1H3,(H,17,18,20)/t8-/m1/s1. The van der Waals surface area contributed by atoms with E-state index >= 15 is 0 Å². The molecule has 0 spiro atoms. The van der Waals surface area contributed by atoms with E-state index in [0.29, 0.717) is 10.8 Å². The summed E-state index contributed by atoms with van der Waals surface area (Å²) in [6.07, 6.45) is 0. The minimum Gasteiger partial charge on any atom is -0.301 e. The van der Waals surface area contributed by atoms with Gasteiger partial charge in [0, 0.05) is 10.9 Å². The Morgan fingerprint density at radius 2 is 2.09 bits per heavy atom. The third-order valence-electron chi connectivity index (χ3n) is 2.86. The lowest BCUT2D eigenvalue weighted by atomic mass is 10.2. The lowest BCUT2D eigenvalue weighted by Gasteiger charge is -2.07. The van der Waals surface area contributed by atoms with Crippen molar-refractivity contribution in [1.29, 1.82) is 0 Å². The summed E-state index contributed by atoms with van der Waals surface area (Å²) in [5.74, 6) is -0.440. The molecule has 0 aliphatic carbocycles. The van der Waals surface area contributed by atoms with Crippen LogP contribution in [0.2, 0.25) is 0 Å². The molecule has 23 heavy (non-hydrogen) atoms. The van der Waals surface area contributed by atoms with E-state index in [4.69, 9.17) is 0 Å². The zero-order valence-corrected chi connectivity index (χ0v) is 14.3. The van der Waals surface area contributed by atoms with E-state index in [9.17, 15) is 9.18 Å². The second-order valence-corrected chi connectivity index (χ2v) is 7.78. The van der Waals surface area contributed by atoms with Gasteiger partial charge in [0.05, 0.1) is 10.9 Å². The Hall–Kier alpha value is -1.84. The number of anilines is 1. The molecule has 118 valence electrons. The summed E-state index contributed by atoms with van der Waals surface area (Å²) >= 11 is 4.08. The van der Waals surface area contributed by atoms with Gasteiger partial charge in [0.1, 0.15) is 11.3 Å². The average Bonchev–Trinajstić information content (AvgIpc) is 3.20. The normalized spacial score (nSPS) is 12.1. The summed E-state index contributed by atoms with van der Waals surface area (Å²) in [6, 6.07) is 6.08. The predicted molar refractivity (Wildman–Crippen MR) is 91.4 cm³/mol. The predicted octanol–water partition coefficient (Wildman–Crippen LogP) is 3.92. The summed E-state index contributed by atoms with van der Waals surface area (Å²) in [5, 5.41) is 12.5. The molecule has 0 radical (unpaired) electrons. The van der Waals surface area contributed by atoms with E-state index in [-0.39, 0.29) is 17.0 Å². The van der Waals surface area contributed by atoms with Crippen molar-refractivity contribution in [1.82, 2.24) is 15.2 Å². The van der Waals surface area contributed by atoms with Crippen LogP contribution in [0.3, 0.4) is 0 Å². The molecule has 0 aliphatic heterocycles. The number of thiazole rings is 1. The van der Waals surface area contributed by atoms with Gasteiger partial charge in [-0.3, -0.25) is 4.79 Å². The number of halogens is 1. The van der Waals surface area contributed by atoms with Crippen LogP contribution in [0.5, 0.6) is 0 Å². The Morgan fingerprint density at radius 1 is 1.30 bits per heavy atom. The molecule has 5 nitrogen and oxygen atoms in total. The third kappa shape index (κ3) is 4.12.